The number of fused-ring (bicyclic) bond motifs is 1. The fourth-order valence-corrected chi connectivity index (χ4v) is 4.55. The van der Waals surface area contributed by atoms with Crippen molar-refractivity contribution in [1.82, 2.24) is 15.1 Å². The molecule has 3 amide bonds. The minimum absolute atomic E-state index is 0.115. The van der Waals surface area contributed by atoms with Gasteiger partial charge in [0.25, 0.3) is 17.7 Å². The van der Waals surface area contributed by atoms with Gasteiger partial charge in [-0.15, -0.1) is 0 Å². The molecule has 0 aliphatic carbocycles. The maximum Gasteiger partial charge on any atom is 0.258 e. The Morgan fingerprint density at radius 1 is 0.719 bits per heavy atom. The predicted molar refractivity (Wildman–Crippen MR) is 120 cm³/mol. The summed E-state index contributed by atoms with van der Waals surface area (Å²) in [6.45, 7) is 2.67. The van der Waals surface area contributed by atoms with Gasteiger partial charge < -0.3 is 4.90 Å². The van der Waals surface area contributed by atoms with E-state index < -0.39 is 11.8 Å². The number of piperazine rings is 1. The highest BCUT2D eigenvalue weighted by Crippen LogP contribution is 2.29. The molecule has 1 fully saturated rings. The minimum Gasteiger partial charge on any atom is -0.336 e. The van der Waals surface area contributed by atoms with Crippen LogP contribution in [0.3, 0.4) is 0 Å². The molecule has 3 aromatic carbocycles. The lowest BCUT2D eigenvalue weighted by Crippen LogP contribution is -2.49. The monoisotopic (exact) mass is 425 g/mol. The van der Waals surface area contributed by atoms with E-state index in [1.54, 1.807) is 12.1 Å². The maximum absolute atomic E-state index is 13.1. The Kier molecular flexibility index (Phi) is 5.29. The largest absolute Gasteiger partial charge is 0.336 e. The fraction of sp³-hybridized carbons (Fsp3) is 0.192. The Morgan fingerprint density at radius 2 is 1.28 bits per heavy atom. The number of benzene rings is 3. The van der Waals surface area contributed by atoms with Crippen molar-refractivity contribution in [3.63, 3.8) is 0 Å². The summed E-state index contributed by atoms with van der Waals surface area (Å²) in [5, 5.41) is 2.27. The molecule has 3 aromatic rings. The Bertz CT molecular complexity index is 1130. The molecule has 0 aromatic heterocycles. The third-order valence-corrected chi connectivity index (χ3v) is 6.18. The molecule has 2 aliphatic heterocycles. The second kappa shape index (κ2) is 8.40. The summed E-state index contributed by atoms with van der Waals surface area (Å²) < 4.78 is 0. The summed E-state index contributed by atoms with van der Waals surface area (Å²) in [6, 6.07) is 25.7. The van der Waals surface area contributed by atoms with E-state index in [2.05, 4.69) is 58.7 Å². The van der Waals surface area contributed by atoms with Gasteiger partial charge in [-0.25, -0.2) is 0 Å². The first-order valence-corrected chi connectivity index (χ1v) is 10.7. The third kappa shape index (κ3) is 3.69. The standard InChI is InChI=1S/C26H23N3O3/c30-24-21-12-11-20(17-22(21)25(31)27-24)26(32)29-15-13-28(14-16-29)23(18-7-3-1-4-8-18)19-9-5-2-6-10-19/h1-12,17,23H,13-16H2,(H,27,30,31). The molecule has 5 rings (SSSR count). The van der Waals surface area contributed by atoms with E-state index in [4.69, 9.17) is 0 Å². The molecular formula is C26H23N3O3. The molecule has 0 bridgehead atoms. The van der Waals surface area contributed by atoms with Crippen LogP contribution in [0, 0.1) is 0 Å². The van der Waals surface area contributed by atoms with Crippen LogP contribution in [0.25, 0.3) is 0 Å². The number of imide groups is 1. The van der Waals surface area contributed by atoms with Crippen LogP contribution in [0.15, 0.2) is 78.9 Å². The maximum atomic E-state index is 13.1. The van der Waals surface area contributed by atoms with Gasteiger partial charge in [0.1, 0.15) is 0 Å². The van der Waals surface area contributed by atoms with Crippen molar-refractivity contribution >= 4 is 17.7 Å². The van der Waals surface area contributed by atoms with Crippen LogP contribution in [-0.2, 0) is 0 Å². The average Bonchev–Trinajstić information content (AvgIpc) is 3.13. The van der Waals surface area contributed by atoms with Crippen molar-refractivity contribution in [2.75, 3.05) is 26.2 Å². The number of carbonyl (C=O) groups excluding carboxylic acids is 3. The topological polar surface area (TPSA) is 69.7 Å². The quantitative estimate of drug-likeness (QED) is 0.652. The average molecular weight is 425 g/mol. The van der Waals surface area contributed by atoms with E-state index in [0.717, 1.165) is 13.1 Å². The zero-order valence-corrected chi connectivity index (χ0v) is 17.5. The van der Waals surface area contributed by atoms with Crippen molar-refractivity contribution < 1.29 is 14.4 Å². The van der Waals surface area contributed by atoms with Crippen LogP contribution < -0.4 is 5.32 Å². The number of amides is 3. The molecule has 32 heavy (non-hydrogen) atoms. The van der Waals surface area contributed by atoms with E-state index in [-0.39, 0.29) is 17.5 Å². The van der Waals surface area contributed by atoms with E-state index in [1.165, 1.54) is 17.2 Å². The number of hydrogen-bond acceptors (Lipinski definition) is 4. The molecule has 1 saturated heterocycles. The molecule has 6 heteroatoms. The van der Waals surface area contributed by atoms with Crippen LogP contribution in [-0.4, -0.2) is 53.7 Å². The molecule has 0 atom stereocenters. The Balaban J connectivity index is 1.33. The van der Waals surface area contributed by atoms with Crippen molar-refractivity contribution in [3.8, 4) is 0 Å². The van der Waals surface area contributed by atoms with E-state index in [0.29, 0.717) is 24.2 Å². The number of carbonyl (C=O) groups is 3. The van der Waals surface area contributed by atoms with Gasteiger partial charge in [0.2, 0.25) is 0 Å². The number of rotatable bonds is 4. The molecule has 0 saturated carbocycles. The molecule has 6 nitrogen and oxygen atoms in total. The van der Waals surface area contributed by atoms with Crippen LogP contribution in [0.4, 0.5) is 0 Å². The van der Waals surface area contributed by atoms with E-state index >= 15 is 0 Å². The minimum atomic E-state index is -0.446. The van der Waals surface area contributed by atoms with E-state index in [1.807, 2.05) is 17.0 Å². The molecule has 2 heterocycles. The molecule has 1 N–H and O–H groups in total. The summed E-state index contributed by atoms with van der Waals surface area (Å²) in [5.41, 5.74) is 3.49. The van der Waals surface area contributed by atoms with Gasteiger partial charge in [-0.05, 0) is 29.3 Å². The summed E-state index contributed by atoms with van der Waals surface area (Å²) in [5.74, 6) is -0.973. The SMILES string of the molecule is O=C1NC(=O)c2cc(C(=O)N3CCN(C(c4ccccc4)c4ccccc4)CC3)ccc21. The van der Waals surface area contributed by atoms with Crippen molar-refractivity contribution in [2.24, 2.45) is 0 Å². The predicted octanol–water partition coefficient (Wildman–Crippen LogP) is 3.12. The zero-order valence-electron chi connectivity index (χ0n) is 17.5. The molecule has 0 radical (unpaired) electrons. The summed E-state index contributed by atoms with van der Waals surface area (Å²) in [6.07, 6.45) is 0. The summed E-state index contributed by atoms with van der Waals surface area (Å²) in [7, 11) is 0. The zero-order chi connectivity index (χ0) is 22.1. The molecule has 160 valence electrons. The first-order valence-electron chi connectivity index (χ1n) is 10.7. The fourth-order valence-electron chi connectivity index (χ4n) is 4.55. The van der Waals surface area contributed by atoms with Crippen LogP contribution in [0.1, 0.15) is 48.2 Å². The Morgan fingerprint density at radius 3 is 1.88 bits per heavy atom. The normalized spacial score (nSPS) is 16.2. The number of nitrogens with zero attached hydrogens (tertiary/aromatic N) is 2. The second-order valence-electron chi connectivity index (χ2n) is 8.10. The van der Waals surface area contributed by atoms with Gasteiger partial charge >= 0.3 is 0 Å². The van der Waals surface area contributed by atoms with Gasteiger partial charge in [0, 0.05) is 31.7 Å². The summed E-state index contributed by atoms with van der Waals surface area (Å²) in [4.78, 5) is 41.0. The van der Waals surface area contributed by atoms with Gasteiger partial charge in [0.15, 0.2) is 0 Å². The number of nitrogens with one attached hydrogen (secondary N) is 1. The Labute approximate surface area is 186 Å². The van der Waals surface area contributed by atoms with Gasteiger partial charge in [-0.3, -0.25) is 24.6 Å². The van der Waals surface area contributed by atoms with Gasteiger partial charge in [-0.2, -0.15) is 0 Å². The Hall–Kier alpha value is -3.77. The molecule has 2 aliphatic rings. The first kappa shape index (κ1) is 20.2. The molecular weight excluding hydrogens is 402 g/mol. The lowest BCUT2D eigenvalue weighted by molar-refractivity contribution is 0.0597. The van der Waals surface area contributed by atoms with Crippen LogP contribution in [0.5, 0.6) is 0 Å². The smallest absolute Gasteiger partial charge is 0.258 e. The molecule has 0 unspecified atom stereocenters. The van der Waals surface area contributed by atoms with Crippen molar-refractivity contribution in [3.05, 3.63) is 107 Å². The van der Waals surface area contributed by atoms with E-state index in [9.17, 15) is 14.4 Å². The van der Waals surface area contributed by atoms with Crippen molar-refractivity contribution in [1.29, 1.82) is 0 Å². The van der Waals surface area contributed by atoms with Crippen LogP contribution >= 0.6 is 0 Å². The third-order valence-electron chi connectivity index (χ3n) is 6.18. The lowest BCUT2D eigenvalue weighted by atomic mass is 9.96. The highest BCUT2D eigenvalue weighted by Gasteiger charge is 2.31. The van der Waals surface area contributed by atoms with Crippen LogP contribution in [0.2, 0.25) is 0 Å². The second-order valence-corrected chi connectivity index (χ2v) is 8.10. The van der Waals surface area contributed by atoms with Gasteiger partial charge in [0.05, 0.1) is 17.2 Å². The summed E-state index contributed by atoms with van der Waals surface area (Å²) >= 11 is 0. The number of hydrogen-bond donors (Lipinski definition) is 1. The van der Waals surface area contributed by atoms with Crippen molar-refractivity contribution in [2.45, 2.75) is 6.04 Å². The highest BCUT2D eigenvalue weighted by atomic mass is 16.2. The molecule has 0 spiro atoms. The lowest BCUT2D eigenvalue weighted by Gasteiger charge is -2.39. The first-order chi connectivity index (χ1) is 15.6. The highest BCUT2D eigenvalue weighted by molar-refractivity contribution is 6.22. The van der Waals surface area contributed by atoms with Gasteiger partial charge in [-0.1, -0.05) is 60.7 Å².